The predicted octanol–water partition coefficient (Wildman–Crippen LogP) is 0.901. The van der Waals surface area contributed by atoms with E-state index in [1.807, 2.05) is 27.7 Å². The monoisotopic (exact) mass is 216 g/mol. The Morgan fingerprint density at radius 3 is 2.40 bits per heavy atom. The summed E-state index contributed by atoms with van der Waals surface area (Å²) in [5.41, 5.74) is 5.40. The van der Waals surface area contributed by atoms with Crippen molar-refractivity contribution in [2.24, 2.45) is 11.7 Å². The Hall–Kier alpha value is -0.610. The maximum Gasteiger partial charge on any atom is 0.237 e. The normalized spacial score (nSPS) is 14.1. The fraction of sp³-hybridized carbons (Fsp3) is 0.909. The number of carbonyl (C=O) groups is 1. The molecule has 4 nitrogen and oxygen atoms in total. The van der Waals surface area contributed by atoms with E-state index in [1.54, 1.807) is 7.11 Å². The first-order valence-corrected chi connectivity index (χ1v) is 5.37. The largest absolute Gasteiger partial charge is 0.377 e. The number of rotatable bonds is 6. The lowest BCUT2D eigenvalue weighted by molar-refractivity contribution is -0.124. The second kappa shape index (κ2) is 6.08. The Labute approximate surface area is 92.6 Å². The molecule has 0 aliphatic rings. The molecule has 4 heteroatoms. The molecule has 0 aromatic heterocycles. The van der Waals surface area contributed by atoms with Crippen LogP contribution in [0.25, 0.3) is 0 Å². The first-order valence-electron chi connectivity index (χ1n) is 5.37. The topological polar surface area (TPSA) is 64.3 Å². The first-order chi connectivity index (χ1) is 6.78. The van der Waals surface area contributed by atoms with Crippen LogP contribution in [-0.2, 0) is 9.53 Å². The van der Waals surface area contributed by atoms with E-state index in [4.69, 9.17) is 10.5 Å². The van der Waals surface area contributed by atoms with Crippen molar-refractivity contribution in [1.82, 2.24) is 5.32 Å². The van der Waals surface area contributed by atoms with Gasteiger partial charge in [0, 0.05) is 13.7 Å². The molecule has 0 spiro atoms. The summed E-state index contributed by atoms with van der Waals surface area (Å²) in [5, 5.41) is 2.79. The third-order valence-electron chi connectivity index (χ3n) is 2.30. The fourth-order valence-corrected chi connectivity index (χ4v) is 1.12. The van der Waals surface area contributed by atoms with Crippen LogP contribution in [-0.4, -0.2) is 31.2 Å². The average Bonchev–Trinajstić information content (AvgIpc) is 2.13. The minimum atomic E-state index is -0.419. The van der Waals surface area contributed by atoms with Crippen LogP contribution in [0, 0.1) is 5.92 Å². The van der Waals surface area contributed by atoms with Crippen LogP contribution in [0.1, 0.15) is 34.1 Å². The molecule has 0 aliphatic carbocycles. The van der Waals surface area contributed by atoms with Gasteiger partial charge in [-0.25, -0.2) is 0 Å². The Morgan fingerprint density at radius 1 is 1.47 bits per heavy atom. The standard InChI is InChI=1S/C11H24N2O2/c1-8(2)6-9(12)10(14)13-7-11(3,4)15-5/h8-9H,6-7,12H2,1-5H3,(H,13,14)/t9-/m1/s1. The molecule has 0 bridgehead atoms. The van der Waals surface area contributed by atoms with Crippen LogP contribution < -0.4 is 11.1 Å². The molecule has 90 valence electrons. The van der Waals surface area contributed by atoms with Gasteiger partial charge in [-0.1, -0.05) is 13.8 Å². The zero-order chi connectivity index (χ0) is 12.1. The van der Waals surface area contributed by atoms with Crippen molar-refractivity contribution < 1.29 is 9.53 Å². The first kappa shape index (κ1) is 14.4. The molecular formula is C11H24N2O2. The molecule has 0 saturated carbocycles. The van der Waals surface area contributed by atoms with Gasteiger partial charge in [0.05, 0.1) is 11.6 Å². The summed E-state index contributed by atoms with van der Waals surface area (Å²) < 4.78 is 5.19. The molecule has 0 unspecified atom stereocenters. The summed E-state index contributed by atoms with van der Waals surface area (Å²) in [4.78, 5) is 11.5. The number of hydrogen-bond donors (Lipinski definition) is 2. The zero-order valence-corrected chi connectivity index (χ0v) is 10.5. The van der Waals surface area contributed by atoms with Crippen molar-refractivity contribution in [3.8, 4) is 0 Å². The maximum absolute atomic E-state index is 11.5. The van der Waals surface area contributed by atoms with E-state index in [2.05, 4.69) is 5.32 Å². The molecule has 0 aromatic carbocycles. The summed E-state index contributed by atoms with van der Waals surface area (Å²) in [5.74, 6) is 0.329. The minimum absolute atomic E-state index is 0.103. The number of amides is 1. The number of nitrogens with two attached hydrogens (primary N) is 1. The molecule has 3 N–H and O–H groups in total. The summed E-state index contributed by atoms with van der Waals surface area (Å²) in [6.07, 6.45) is 0.708. The second-order valence-electron chi connectivity index (χ2n) is 4.92. The third-order valence-corrected chi connectivity index (χ3v) is 2.30. The molecule has 0 aliphatic heterocycles. The highest BCUT2D eigenvalue weighted by Crippen LogP contribution is 2.06. The molecule has 0 saturated heterocycles. The molecule has 0 radical (unpaired) electrons. The van der Waals surface area contributed by atoms with Gasteiger partial charge in [-0.05, 0) is 26.2 Å². The van der Waals surface area contributed by atoms with Crippen molar-refractivity contribution in [1.29, 1.82) is 0 Å². The highest BCUT2D eigenvalue weighted by molar-refractivity contribution is 5.81. The molecule has 0 fully saturated rings. The molecule has 0 aromatic rings. The van der Waals surface area contributed by atoms with Gasteiger partial charge < -0.3 is 15.8 Å². The highest BCUT2D eigenvalue weighted by atomic mass is 16.5. The molecular weight excluding hydrogens is 192 g/mol. The van der Waals surface area contributed by atoms with Crippen molar-refractivity contribution in [2.45, 2.75) is 45.8 Å². The van der Waals surface area contributed by atoms with Gasteiger partial charge in [-0.15, -0.1) is 0 Å². The van der Waals surface area contributed by atoms with E-state index in [9.17, 15) is 4.79 Å². The number of methoxy groups -OCH3 is 1. The Morgan fingerprint density at radius 2 is 2.00 bits per heavy atom. The lowest BCUT2D eigenvalue weighted by Gasteiger charge is -2.24. The quantitative estimate of drug-likeness (QED) is 0.693. The van der Waals surface area contributed by atoms with E-state index < -0.39 is 6.04 Å². The van der Waals surface area contributed by atoms with Crippen LogP contribution in [0.15, 0.2) is 0 Å². The van der Waals surface area contributed by atoms with Gasteiger partial charge in [-0.3, -0.25) is 4.79 Å². The summed E-state index contributed by atoms with van der Waals surface area (Å²) in [6, 6.07) is -0.419. The minimum Gasteiger partial charge on any atom is -0.377 e. The fourth-order valence-electron chi connectivity index (χ4n) is 1.12. The number of nitrogens with one attached hydrogen (secondary N) is 1. The molecule has 0 rings (SSSR count). The lowest BCUT2D eigenvalue weighted by Crippen LogP contribution is -2.47. The van der Waals surface area contributed by atoms with Crippen molar-refractivity contribution >= 4 is 5.91 Å². The van der Waals surface area contributed by atoms with Crippen LogP contribution in [0.4, 0.5) is 0 Å². The summed E-state index contributed by atoms with van der Waals surface area (Å²) >= 11 is 0. The third kappa shape index (κ3) is 6.47. The van der Waals surface area contributed by atoms with Gasteiger partial charge in [0.25, 0.3) is 0 Å². The average molecular weight is 216 g/mol. The van der Waals surface area contributed by atoms with Crippen LogP contribution in [0.2, 0.25) is 0 Å². The van der Waals surface area contributed by atoms with E-state index in [1.165, 1.54) is 0 Å². The van der Waals surface area contributed by atoms with Crippen molar-refractivity contribution in [2.75, 3.05) is 13.7 Å². The van der Waals surface area contributed by atoms with Gasteiger partial charge in [0.2, 0.25) is 5.91 Å². The van der Waals surface area contributed by atoms with Crippen molar-refractivity contribution in [3.05, 3.63) is 0 Å². The van der Waals surface area contributed by atoms with E-state index >= 15 is 0 Å². The van der Waals surface area contributed by atoms with Gasteiger partial charge >= 0.3 is 0 Å². The maximum atomic E-state index is 11.5. The number of hydrogen-bond acceptors (Lipinski definition) is 3. The van der Waals surface area contributed by atoms with E-state index in [0.29, 0.717) is 18.9 Å². The summed E-state index contributed by atoms with van der Waals surface area (Å²) in [6.45, 7) is 8.41. The van der Waals surface area contributed by atoms with Gasteiger partial charge in [0.1, 0.15) is 0 Å². The Balaban J connectivity index is 3.93. The van der Waals surface area contributed by atoms with Crippen LogP contribution in [0.3, 0.4) is 0 Å². The van der Waals surface area contributed by atoms with Gasteiger partial charge in [-0.2, -0.15) is 0 Å². The molecule has 0 heterocycles. The number of carbonyl (C=O) groups excluding carboxylic acids is 1. The SMILES string of the molecule is COC(C)(C)CNC(=O)[C@H](N)CC(C)C. The van der Waals surface area contributed by atoms with Crippen molar-refractivity contribution in [3.63, 3.8) is 0 Å². The second-order valence-corrected chi connectivity index (χ2v) is 4.92. The lowest BCUT2D eigenvalue weighted by atomic mass is 10.0. The predicted molar refractivity (Wildman–Crippen MR) is 61.5 cm³/mol. The zero-order valence-electron chi connectivity index (χ0n) is 10.5. The van der Waals surface area contributed by atoms with Gasteiger partial charge in [0.15, 0.2) is 0 Å². The highest BCUT2D eigenvalue weighted by Gasteiger charge is 2.20. The van der Waals surface area contributed by atoms with Crippen LogP contribution in [0.5, 0.6) is 0 Å². The molecule has 1 atom stereocenters. The molecule has 1 amide bonds. The van der Waals surface area contributed by atoms with E-state index in [0.717, 1.165) is 0 Å². The molecule has 15 heavy (non-hydrogen) atoms. The van der Waals surface area contributed by atoms with E-state index in [-0.39, 0.29) is 11.5 Å². The Bertz CT molecular complexity index is 203. The smallest absolute Gasteiger partial charge is 0.237 e. The van der Waals surface area contributed by atoms with Crippen LogP contribution >= 0.6 is 0 Å². The Kier molecular flexibility index (Phi) is 5.83. The summed E-state index contributed by atoms with van der Waals surface area (Å²) in [7, 11) is 1.63. The number of ether oxygens (including phenoxy) is 1.